The van der Waals surface area contributed by atoms with E-state index in [1.165, 1.54) is 17.5 Å². The predicted molar refractivity (Wildman–Crippen MR) is 96.1 cm³/mol. The highest BCUT2D eigenvalue weighted by Crippen LogP contribution is 2.43. The van der Waals surface area contributed by atoms with Crippen molar-refractivity contribution in [1.29, 1.82) is 0 Å². The number of aryl methyl sites for hydroxylation is 1. The third-order valence-electron chi connectivity index (χ3n) is 5.35. The highest BCUT2D eigenvalue weighted by Gasteiger charge is 2.53. The summed E-state index contributed by atoms with van der Waals surface area (Å²) in [4.78, 5) is 0. The second-order valence-electron chi connectivity index (χ2n) is 7.60. The Balaban J connectivity index is 2.35. The summed E-state index contributed by atoms with van der Waals surface area (Å²) in [5, 5.41) is 0. The number of hydrogen-bond donors (Lipinski definition) is 0. The molecule has 4 heteroatoms. The van der Waals surface area contributed by atoms with E-state index >= 15 is 0 Å². The van der Waals surface area contributed by atoms with Crippen LogP contribution in [-0.4, -0.2) is 25.4 Å². The topological polar surface area (TPSA) is 27.7 Å². The summed E-state index contributed by atoms with van der Waals surface area (Å²) in [5.74, 6) is 1.12. The molecule has 1 aromatic carbocycles. The molecule has 0 N–H and O–H groups in total. The van der Waals surface area contributed by atoms with E-state index in [0.29, 0.717) is 0 Å². The van der Waals surface area contributed by atoms with Gasteiger partial charge >= 0.3 is 7.12 Å². The summed E-state index contributed by atoms with van der Waals surface area (Å²) in [6, 6.07) is 6.28. The molecule has 3 nitrogen and oxygen atoms in total. The van der Waals surface area contributed by atoms with Gasteiger partial charge in [0.25, 0.3) is 0 Å². The summed E-state index contributed by atoms with van der Waals surface area (Å²) in [6.45, 7) is 12.8. The quantitative estimate of drug-likeness (QED) is 0.698. The lowest BCUT2D eigenvalue weighted by Gasteiger charge is -2.32. The average Bonchev–Trinajstić information content (AvgIpc) is 2.69. The van der Waals surface area contributed by atoms with Crippen molar-refractivity contribution < 1.29 is 14.0 Å². The zero-order chi connectivity index (χ0) is 17.3. The van der Waals surface area contributed by atoms with Gasteiger partial charge in [0.1, 0.15) is 5.75 Å². The van der Waals surface area contributed by atoms with Gasteiger partial charge in [0.2, 0.25) is 0 Å². The van der Waals surface area contributed by atoms with Crippen molar-refractivity contribution in [1.82, 2.24) is 0 Å². The molecule has 128 valence electrons. The van der Waals surface area contributed by atoms with Gasteiger partial charge in [-0.3, -0.25) is 0 Å². The summed E-state index contributed by atoms with van der Waals surface area (Å²) < 4.78 is 18.1. The number of methoxy groups -OCH3 is 1. The van der Waals surface area contributed by atoms with Crippen LogP contribution < -0.4 is 4.74 Å². The van der Waals surface area contributed by atoms with Crippen LogP contribution in [0.25, 0.3) is 0 Å². The Kier molecular flexibility index (Phi) is 5.47. The van der Waals surface area contributed by atoms with Gasteiger partial charge in [-0.25, -0.2) is 0 Å². The maximum Gasteiger partial charge on any atom is 0.465 e. The van der Waals surface area contributed by atoms with Crippen LogP contribution in [0.15, 0.2) is 18.2 Å². The predicted octanol–water partition coefficient (Wildman–Crippen LogP) is 4.91. The van der Waals surface area contributed by atoms with Gasteiger partial charge in [0.15, 0.2) is 0 Å². The molecule has 0 bridgehead atoms. The van der Waals surface area contributed by atoms with Gasteiger partial charge < -0.3 is 14.0 Å². The summed E-state index contributed by atoms with van der Waals surface area (Å²) in [5.41, 5.74) is 1.95. The Hall–Kier alpha value is -0.995. The number of benzene rings is 1. The molecule has 0 spiro atoms. The van der Waals surface area contributed by atoms with Crippen molar-refractivity contribution in [2.75, 3.05) is 7.11 Å². The van der Waals surface area contributed by atoms with E-state index in [9.17, 15) is 0 Å². The van der Waals surface area contributed by atoms with Gasteiger partial charge in [0.05, 0.1) is 18.3 Å². The average molecular weight is 318 g/mol. The number of unbranched alkanes of at least 4 members (excludes halogenated alkanes) is 1. The third kappa shape index (κ3) is 3.75. The molecule has 0 aliphatic carbocycles. The van der Waals surface area contributed by atoms with E-state index in [2.05, 4.69) is 53.7 Å². The van der Waals surface area contributed by atoms with Crippen LogP contribution in [-0.2, 0) is 9.31 Å². The molecule has 1 aliphatic rings. The minimum absolute atomic E-state index is 0.211. The first-order valence-electron chi connectivity index (χ1n) is 8.72. The molecule has 1 fully saturated rings. The highest BCUT2D eigenvalue weighted by atomic mass is 16.7. The molecule has 1 aliphatic heterocycles. The van der Waals surface area contributed by atoms with E-state index < -0.39 is 0 Å². The van der Waals surface area contributed by atoms with Crippen LogP contribution >= 0.6 is 0 Å². The Bertz CT molecular complexity index is 523. The second-order valence-corrected chi connectivity index (χ2v) is 7.60. The van der Waals surface area contributed by atoms with Gasteiger partial charge in [-0.05, 0) is 64.3 Å². The fraction of sp³-hybridized carbons (Fsp3) is 0.684. The van der Waals surface area contributed by atoms with Gasteiger partial charge in [-0.2, -0.15) is 0 Å². The Labute approximate surface area is 141 Å². The summed E-state index contributed by atoms with van der Waals surface area (Å²) in [7, 11) is 1.50. The lowest BCUT2D eigenvalue weighted by Crippen LogP contribution is -2.41. The maximum absolute atomic E-state index is 6.34. The van der Waals surface area contributed by atoms with Crippen molar-refractivity contribution in [2.24, 2.45) is 0 Å². The molecule has 0 radical (unpaired) electrons. The van der Waals surface area contributed by atoms with Crippen molar-refractivity contribution in [3.63, 3.8) is 0 Å². The maximum atomic E-state index is 6.34. The lowest BCUT2D eigenvalue weighted by atomic mass is 9.64. The fourth-order valence-corrected chi connectivity index (χ4v) is 3.06. The van der Waals surface area contributed by atoms with Crippen molar-refractivity contribution >= 4 is 7.12 Å². The normalized spacial score (nSPS) is 20.6. The van der Waals surface area contributed by atoms with Crippen LogP contribution in [0, 0.1) is 6.92 Å². The van der Waals surface area contributed by atoms with E-state index in [-0.39, 0.29) is 24.1 Å². The SMILES string of the molecule is CCCCC(B1OC(C)(C)C(C)(C)O1)c1cc(OC)ccc1C. The second kappa shape index (κ2) is 6.86. The first-order valence-corrected chi connectivity index (χ1v) is 8.72. The third-order valence-corrected chi connectivity index (χ3v) is 5.35. The molecular formula is C19H31BO3. The molecule has 1 unspecified atom stereocenters. The minimum Gasteiger partial charge on any atom is -0.497 e. The summed E-state index contributed by atoms with van der Waals surface area (Å²) >= 11 is 0. The van der Waals surface area contributed by atoms with E-state index in [4.69, 9.17) is 14.0 Å². The molecule has 1 heterocycles. The Morgan fingerprint density at radius 1 is 1.13 bits per heavy atom. The number of ether oxygens (including phenoxy) is 1. The van der Waals surface area contributed by atoms with Gasteiger partial charge in [0, 0.05) is 5.82 Å². The van der Waals surface area contributed by atoms with E-state index in [1.807, 2.05) is 6.07 Å². The largest absolute Gasteiger partial charge is 0.497 e. The first-order chi connectivity index (χ1) is 10.7. The first kappa shape index (κ1) is 18.3. The van der Waals surface area contributed by atoms with Crippen LogP contribution in [0.4, 0.5) is 0 Å². The van der Waals surface area contributed by atoms with Gasteiger partial charge in [-0.15, -0.1) is 0 Å². The molecule has 1 saturated heterocycles. The molecule has 0 aromatic heterocycles. The molecular weight excluding hydrogens is 287 g/mol. The molecule has 1 atom stereocenters. The smallest absolute Gasteiger partial charge is 0.465 e. The molecule has 0 saturated carbocycles. The van der Waals surface area contributed by atoms with Crippen LogP contribution in [0.5, 0.6) is 5.75 Å². The molecule has 0 amide bonds. The molecule has 1 aromatic rings. The van der Waals surface area contributed by atoms with E-state index in [0.717, 1.165) is 18.6 Å². The zero-order valence-corrected chi connectivity index (χ0v) is 15.7. The van der Waals surface area contributed by atoms with E-state index in [1.54, 1.807) is 7.11 Å². The van der Waals surface area contributed by atoms with Crippen LogP contribution in [0.1, 0.15) is 70.8 Å². The molecule has 2 rings (SSSR count). The number of hydrogen-bond acceptors (Lipinski definition) is 3. The lowest BCUT2D eigenvalue weighted by molar-refractivity contribution is 0.00578. The standard InChI is InChI=1S/C19H31BO3/c1-8-9-10-17(16-13-15(21-7)12-11-14(16)2)20-22-18(3,4)19(5,6)23-20/h11-13,17H,8-10H2,1-7H3. The van der Waals surface area contributed by atoms with Crippen LogP contribution in [0.3, 0.4) is 0 Å². The Morgan fingerprint density at radius 2 is 1.74 bits per heavy atom. The van der Waals surface area contributed by atoms with Crippen molar-refractivity contribution in [2.45, 2.75) is 77.8 Å². The fourth-order valence-electron chi connectivity index (χ4n) is 3.06. The Morgan fingerprint density at radius 3 is 2.26 bits per heavy atom. The zero-order valence-electron chi connectivity index (χ0n) is 15.7. The molecule has 23 heavy (non-hydrogen) atoms. The summed E-state index contributed by atoms with van der Waals surface area (Å²) in [6.07, 6.45) is 3.38. The number of rotatable bonds is 6. The van der Waals surface area contributed by atoms with Crippen molar-refractivity contribution in [3.8, 4) is 5.75 Å². The highest BCUT2D eigenvalue weighted by molar-refractivity contribution is 6.47. The minimum atomic E-state index is -0.297. The van der Waals surface area contributed by atoms with Crippen LogP contribution in [0.2, 0.25) is 0 Å². The monoisotopic (exact) mass is 318 g/mol. The van der Waals surface area contributed by atoms with Gasteiger partial charge in [-0.1, -0.05) is 25.8 Å². The van der Waals surface area contributed by atoms with Crippen molar-refractivity contribution in [3.05, 3.63) is 29.3 Å².